The van der Waals surface area contributed by atoms with Gasteiger partial charge in [-0.25, -0.2) is 4.98 Å². The Labute approximate surface area is 134 Å². The molecule has 0 atom stereocenters. The summed E-state index contributed by atoms with van der Waals surface area (Å²) in [6.07, 6.45) is -4.35. The van der Waals surface area contributed by atoms with Crippen molar-refractivity contribution in [2.24, 2.45) is 5.73 Å². The minimum absolute atomic E-state index is 0.185. The number of thioether (sulfide) groups is 1. The van der Waals surface area contributed by atoms with Crippen LogP contribution in [0.4, 0.5) is 13.2 Å². The van der Waals surface area contributed by atoms with E-state index < -0.39 is 11.9 Å². The van der Waals surface area contributed by atoms with Crippen molar-refractivity contribution in [1.82, 2.24) is 4.98 Å². The van der Waals surface area contributed by atoms with Crippen molar-refractivity contribution in [2.45, 2.75) is 17.6 Å². The molecule has 116 valence electrons. The monoisotopic (exact) mass is 333 g/mol. The van der Waals surface area contributed by atoms with Gasteiger partial charge >= 0.3 is 6.18 Å². The molecule has 0 bridgehead atoms. The van der Waals surface area contributed by atoms with E-state index in [0.717, 1.165) is 17.8 Å². The Bertz CT molecular complexity index is 836. The fourth-order valence-corrected chi connectivity index (χ4v) is 3.24. The summed E-state index contributed by atoms with van der Waals surface area (Å²) in [7, 11) is 0. The molecule has 0 radical (unpaired) electrons. The largest absolute Gasteiger partial charge is 0.433 e. The first-order valence-corrected chi connectivity index (χ1v) is 7.45. The molecule has 2 aromatic rings. The van der Waals surface area contributed by atoms with Gasteiger partial charge in [0.1, 0.15) is 21.7 Å². The summed E-state index contributed by atoms with van der Waals surface area (Å²) >= 11 is 0.887. The summed E-state index contributed by atoms with van der Waals surface area (Å²) in [5.74, 6) is 0. The highest BCUT2D eigenvalue weighted by atomic mass is 32.2. The van der Waals surface area contributed by atoms with Crippen molar-refractivity contribution < 1.29 is 13.2 Å². The van der Waals surface area contributed by atoms with Crippen LogP contribution in [-0.2, 0) is 12.6 Å². The Morgan fingerprint density at radius 3 is 2.52 bits per heavy atom. The lowest BCUT2D eigenvalue weighted by molar-refractivity contribution is -0.141. The molecule has 3 nitrogen and oxygen atoms in total. The molecule has 1 aliphatic heterocycles. The van der Waals surface area contributed by atoms with Gasteiger partial charge in [0.05, 0.1) is 0 Å². The van der Waals surface area contributed by atoms with Crippen molar-refractivity contribution in [3.63, 3.8) is 0 Å². The lowest BCUT2D eigenvalue weighted by Crippen LogP contribution is -2.15. The number of nitrogens with zero attached hydrogens (tertiary/aromatic N) is 2. The summed E-state index contributed by atoms with van der Waals surface area (Å²) in [5, 5.41) is 9.23. The van der Waals surface area contributed by atoms with Crippen molar-refractivity contribution in [3.05, 3.63) is 58.3 Å². The van der Waals surface area contributed by atoms with Gasteiger partial charge in [-0.1, -0.05) is 42.1 Å². The highest BCUT2D eigenvalue weighted by Gasteiger charge is 2.35. The number of rotatable bonds is 1. The van der Waals surface area contributed by atoms with E-state index in [2.05, 4.69) is 4.98 Å². The number of alkyl halides is 3. The van der Waals surface area contributed by atoms with Crippen LogP contribution < -0.4 is 5.73 Å². The molecule has 0 aliphatic carbocycles. The predicted octanol–water partition coefficient (Wildman–Crippen LogP) is 4.11. The maximum Gasteiger partial charge on any atom is 0.433 e. The average Bonchev–Trinajstić information content (AvgIpc) is 2.53. The van der Waals surface area contributed by atoms with Crippen LogP contribution in [0.5, 0.6) is 0 Å². The molecule has 1 aliphatic rings. The first-order chi connectivity index (χ1) is 10.9. The number of pyridine rings is 1. The molecule has 23 heavy (non-hydrogen) atoms. The van der Waals surface area contributed by atoms with E-state index in [1.54, 1.807) is 30.3 Å². The van der Waals surface area contributed by atoms with E-state index in [1.165, 1.54) is 0 Å². The molecule has 2 N–H and O–H groups in total. The highest BCUT2D eigenvalue weighted by Crippen LogP contribution is 2.42. The molecule has 0 unspecified atom stereocenters. The SMILES string of the molecule is N#CC1=C(N)Cc2c(-c3ccccc3)cc(C(F)(F)F)nc2S1. The summed E-state index contributed by atoms with van der Waals surface area (Å²) in [6, 6.07) is 11.7. The van der Waals surface area contributed by atoms with Gasteiger partial charge in [-0.2, -0.15) is 18.4 Å². The van der Waals surface area contributed by atoms with Crippen molar-refractivity contribution in [2.75, 3.05) is 0 Å². The van der Waals surface area contributed by atoms with Gasteiger partial charge in [0, 0.05) is 12.1 Å². The molecule has 1 aromatic carbocycles. The first kappa shape index (κ1) is 15.4. The normalized spacial score (nSPS) is 14.3. The third-order valence-electron chi connectivity index (χ3n) is 3.42. The second-order valence-corrected chi connectivity index (χ2v) is 5.95. The number of nitrogens with two attached hydrogens (primary N) is 1. The van der Waals surface area contributed by atoms with Crippen molar-refractivity contribution in [3.8, 4) is 17.2 Å². The lowest BCUT2D eigenvalue weighted by Gasteiger charge is -2.21. The van der Waals surface area contributed by atoms with E-state index in [9.17, 15) is 13.2 Å². The second-order valence-electron chi connectivity index (χ2n) is 4.95. The van der Waals surface area contributed by atoms with E-state index >= 15 is 0 Å². The average molecular weight is 333 g/mol. The highest BCUT2D eigenvalue weighted by molar-refractivity contribution is 8.03. The number of hydrogen-bond donors (Lipinski definition) is 1. The minimum atomic E-state index is -4.56. The van der Waals surface area contributed by atoms with Crippen LogP contribution in [0, 0.1) is 11.3 Å². The van der Waals surface area contributed by atoms with Crippen LogP contribution in [0.1, 0.15) is 11.3 Å². The van der Waals surface area contributed by atoms with Crippen LogP contribution >= 0.6 is 11.8 Å². The first-order valence-electron chi connectivity index (χ1n) is 6.63. The molecule has 3 rings (SSSR count). The number of nitriles is 1. The molecular weight excluding hydrogens is 323 g/mol. The van der Waals surface area contributed by atoms with Crippen LogP contribution in [0.15, 0.2) is 52.0 Å². The number of halogens is 3. The molecule has 1 aromatic heterocycles. The number of aromatic nitrogens is 1. The van der Waals surface area contributed by atoms with Crippen molar-refractivity contribution >= 4 is 11.8 Å². The molecule has 0 saturated carbocycles. The quantitative estimate of drug-likeness (QED) is 0.853. The summed E-state index contributed by atoms with van der Waals surface area (Å²) in [4.78, 5) is 3.90. The molecule has 2 heterocycles. The second kappa shape index (κ2) is 5.63. The van der Waals surface area contributed by atoms with E-state index in [4.69, 9.17) is 11.0 Å². The van der Waals surface area contributed by atoms with Gasteiger partial charge < -0.3 is 5.73 Å². The lowest BCUT2D eigenvalue weighted by atomic mass is 9.97. The maximum atomic E-state index is 13.1. The van der Waals surface area contributed by atoms with Gasteiger partial charge in [0.15, 0.2) is 0 Å². The standard InChI is InChI=1S/C16H10F3N3S/c17-16(18,19)14-7-10(9-4-2-1-3-5-9)11-6-12(21)13(8-20)23-15(11)22-14/h1-5,7H,6,21H2. The minimum Gasteiger partial charge on any atom is -0.400 e. The predicted molar refractivity (Wildman–Crippen MR) is 81.1 cm³/mol. The molecular formula is C16H10F3N3S. The molecule has 7 heteroatoms. The van der Waals surface area contributed by atoms with Gasteiger partial charge in [0.25, 0.3) is 0 Å². The zero-order chi connectivity index (χ0) is 16.6. The Balaban J connectivity index is 2.24. The summed E-state index contributed by atoms with van der Waals surface area (Å²) in [5.41, 5.74) is 6.95. The molecule has 0 fully saturated rings. The van der Waals surface area contributed by atoms with E-state index in [1.807, 2.05) is 6.07 Å². The van der Waals surface area contributed by atoms with Gasteiger partial charge in [-0.05, 0) is 22.8 Å². The molecule has 0 spiro atoms. The molecule has 0 saturated heterocycles. The Hall–Kier alpha value is -2.46. The van der Waals surface area contributed by atoms with Crippen LogP contribution in [0.2, 0.25) is 0 Å². The van der Waals surface area contributed by atoms with Gasteiger partial charge in [0.2, 0.25) is 0 Å². The number of benzene rings is 1. The molecule has 0 amide bonds. The summed E-state index contributed by atoms with van der Waals surface area (Å²) < 4.78 is 39.4. The third-order valence-corrected chi connectivity index (χ3v) is 4.51. The number of hydrogen-bond acceptors (Lipinski definition) is 4. The Morgan fingerprint density at radius 1 is 1.22 bits per heavy atom. The smallest absolute Gasteiger partial charge is 0.400 e. The van der Waals surface area contributed by atoms with Crippen molar-refractivity contribution in [1.29, 1.82) is 5.26 Å². The zero-order valence-electron chi connectivity index (χ0n) is 11.7. The van der Waals surface area contributed by atoms with E-state index in [-0.39, 0.29) is 16.4 Å². The van der Waals surface area contributed by atoms with Gasteiger partial charge in [-0.15, -0.1) is 0 Å². The van der Waals surface area contributed by atoms with Crippen LogP contribution in [-0.4, -0.2) is 4.98 Å². The summed E-state index contributed by atoms with van der Waals surface area (Å²) in [6.45, 7) is 0. The van der Waals surface area contributed by atoms with E-state index in [0.29, 0.717) is 22.4 Å². The Morgan fingerprint density at radius 2 is 1.91 bits per heavy atom. The number of fused-ring (bicyclic) bond motifs is 1. The fourth-order valence-electron chi connectivity index (χ4n) is 2.35. The Kier molecular flexibility index (Phi) is 3.78. The number of allylic oxidation sites excluding steroid dienone is 2. The topological polar surface area (TPSA) is 62.7 Å². The van der Waals surface area contributed by atoms with Crippen LogP contribution in [0.3, 0.4) is 0 Å². The van der Waals surface area contributed by atoms with Crippen LogP contribution in [0.25, 0.3) is 11.1 Å². The zero-order valence-corrected chi connectivity index (χ0v) is 12.5. The third kappa shape index (κ3) is 2.90. The maximum absolute atomic E-state index is 13.1. The fraction of sp³-hybridized carbons (Fsp3) is 0.125. The van der Waals surface area contributed by atoms with Gasteiger partial charge in [-0.3, -0.25) is 0 Å².